The summed E-state index contributed by atoms with van der Waals surface area (Å²) >= 11 is 12.0. The fourth-order valence-corrected chi connectivity index (χ4v) is 2.41. The van der Waals surface area contributed by atoms with Crippen molar-refractivity contribution >= 4 is 28.8 Å². The van der Waals surface area contributed by atoms with E-state index in [-0.39, 0.29) is 0 Å². The van der Waals surface area contributed by atoms with Gasteiger partial charge in [0.25, 0.3) is 0 Å². The van der Waals surface area contributed by atoms with Crippen molar-refractivity contribution < 1.29 is 0 Å². The smallest absolute Gasteiger partial charge is 0.157 e. The average molecular weight is 292 g/mol. The molecule has 3 rings (SSSR count). The molecule has 96 valence electrons. The second-order valence-electron chi connectivity index (χ2n) is 4.43. The molecule has 5 heteroatoms. The van der Waals surface area contributed by atoms with E-state index in [4.69, 9.17) is 23.2 Å². The van der Waals surface area contributed by atoms with Crippen molar-refractivity contribution in [3.05, 3.63) is 63.5 Å². The number of hydrogen-bond acceptors (Lipinski definition) is 2. The molecular weight excluding hydrogens is 281 g/mol. The minimum Gasteiger partial charge on any atom is -0.234 e. The molecule has 0 saturated carbocycles. The first-order chi connectivity index (χ1) is 9.11. The summed E-state index contributed by atoms with van der Waals surface area (Å²) in [5, 5.41) is 5.77. The van der Waals surface area contributed by atoms with Crippen LogP contribution in [-0.2, 0) is 6.42 Å². The summed E-state index contributed by atoms with van der Waals surface area (Å²) in [7, 11) is 0. The van der Waals surface area contributed by atoms with Crippen molar-refractivity contribution in [2.24, 2.45) is 0 Å². The highest BCUT2D eigenvalue weighted by molar-refractivity contribution is 6.30. The first-order valence-electron chi connectivity index (χ1n) is 5.88. The van der Waals surface area contributed by atoms with Crippen LogP contribution in [0.4, 0.5) is 0 Å². The zero-order valence-corrected chi connectivity index (χ0v) is 11.8. The number of halogens is 2. The topological polar surface area (TPSA) is 30.2 Å². The lowest BCUT2D eigenvalue weighted by molar-refractivity contribution is 0.891. The molecule has 0 N–H and O–H groups in total. The molecule has 0 spiro atoms. The van der Waals surface area contributed by atoms with E-state index < -0.39 is 0 Å². The maximum atomic E-state index is 6.14. The van der Waals surface area contributed by atoms with Crippen LogP contribution in [0.1, 0.15) is 17.0 Å². The lowest BCUT2D eigenvalue weighted by atomic mass is 10.1. The Morgan fingerprint density at radius 3 is 2.58 bits per heavy atom. The van der Waals surface area contributed by atoms with Gasteiger partial charge in [0, 0.05) is 23.2 Å². The minimum absolute atomic E-state index is 0.574. The maximum absolute atomic E-state index is 6.14. The van der Waals surface area contributed by atoms with Gasteiger partial charge in [-0.15, -0.1) is 0 Å². The summed E-state index contributed by atoms with van der Waals surface area (Å²) < 4.78 is 1.65. The van der Waals surface area contributed by atoms with Crippen LogP contribution in [0.2, 0.25) is 10.2 Å². The van der Waals surface area contributed by atoms with E-state index in [1.807, 2.05) is 37.3 Å². The molecule has 3 aromatic rings. The normalized spacial score (nSPS) is 11.1. The van der Waals surface area contributed by atoms with Crippen LogP contribution in [0, 0.1) is 6.92 Å². The number of fused-ring (bicyclic) bond motifs is 1. The van der Waals surface area contributed by atoms with Gasteiger partial charge < -0.3 is 0 Å². The van der Waals surface area contributed by atoms with Gasteiger partial charge in [-0.1, -0.05) is 35.3 Å². The number of benzene rings is 1. The van der Waals surface area contributed by atoms with Gasteiger partial charge in [-0.05, 0) is 30.7 Å². The summed E-state index contributed by atoms with van der Waals surface area (Å²) in [6, 6.07) is 11.5. The molecule has 0 fully saturated rings. The molecule has 2 aromatic heterocycles. The Labute approximate surface area is 120 Å². The lowest BCUT2D eigenvalue weighted by Crippen LogP contribution is -1.95. The van der Waals surface area contributed by atoms with E-state index in [0.717, 1.165) is 34.0 Å². The third kappa shape index (κ3) is 2.57. The lowest BCUT2D eigenvalue weighted by Gasteiger charge is -1.98. The summed E-state index contributed by atoms with van der Waals surface area (Å²) in [4.78, 5) is 4.41. The SMILES string of the molecule is Cc1cc(Cl)n2nc(Cc3ccc(Cl)cc3)cc2n1. The molecule has 0 radical (unpaired) electrons. The molecular formula is C14H11Cl2N3. The van der Waals surface area contributed by atoms with Crippen LogP contribution in [-0.4, -0.2) is 14.6 Å². The Morgan fingerprint density at radius 2 is 1.84 bits per heavy atom. The highest BCUT2D eigenvalue weighted by Crippen LogP contribution is 2.17. The van der Waals surface area contributed by atoms with Crippen molar-refractivity contribution in [3.8, 4) is 0 Å². The molecule has 1 aromatic carbocycles. The maximum Gasteiger partial charge on any atom is 0.157 e. The Hall–Kier alpha value is -1.58. The van der Waals surface area contributed by atoms with Gasteiger partial charge >= 0.3 is 0 Å². The molecule has 0 aliphatic carbocycles. The monoisotopic (exact) mass is 291 g/mol. The molecule has 3 nitrogen and oxygen atoms in total. The van der Waals surface area contributed by atoms with Crippen molar-refractivity contribution in [3.63, 3.8) is 0 Å². The second-order valence-corrected chi connectivity index (χ2v) is 5.25. The molecule has 0 saturated heterocycles. The number of hydrogen-bond donors (Lipinski definition) is 0. The van der Waals surface area contributed by atoms with Crippen LogP contribution in [0.15, 0.2) is 36.4 Å². The third-order valence-corrected chi connectivity index (χ3v) is 3.38. The van der Waals surface area contributed by atoms with Gasteiger partial charge in [0.15, 0.2) is 5.65 Å². The van der Waals surface area contributed by atoms with Gasteiger partial charge in [-0.2, -0.15) is 5.10 Å². The summed E-state index contributed by atoms with van der Waals surface area (Å²) in [5.74, 6) is 0. The van der Waals surface area contributed by atoms with Crippen molar-refractivity contribution in [2.75, 3.05) is 0 Å². The largest absolute Gasteiger partial charge is 0.234 e. The Kier molecular flexibility index (Phi) is 3.17. The summed E-state index contributed by atoms with van der Waals surface area (Å²) in [6.45, 7) is 1.91. The highest BCUT2D eigenvalue weighted by Gasteiger charge is 2.07. The zero-order chi connectivity index (χ0) is 13.4. The van der Waals surface area contributed by atoms with Crippen LogP contribution in [0.5, 0.6) is 0 Å². The highest BCUT2D eigenvalue weighted by atomic mass is 35.5. The predicted octanol–water partition coefficient (Wildman–Crippen LogP) is 3.94. The predicted molar refractivity (Wildman–Crippen MR) is 77.0 cm³/mol. The summed E-state index contributed by atoms with van der Waals surface area (Å²) in [5.41, 5.74) is 3.74. The molecule has 0 bridgehead atoms. The van der Waals surface area contributed by atoms with Crippen molar-refractivity contribution in [1.82, 2.24) is 14.6 Å². The minimum atomic E-state index is 0.574. The fraction of sp³-hybridized carbons (Fsp3) is 0.143. The molecule has 0 aliphatic heterocycles. The van der Waals surface area contributed by atoms with Gasteiger partial charge in [0.05, 0.1) is 5.69 Å². The van der Waals surface area contributed by atoms with Crippen molar-refractivity contribution in [1.29, 1.82) is 0 Å². The van der Waals surface area contributed by atoms with Gasteiger partial charge in [0.2, 0.25) is 0 Å². The number of aromatic nitrogens is 3. The van der Waals surface area contributed by atoms with Crippen LogP contribution in [0.3, 0.4) is 0 Å². The van der Waals surface area contributed by atoms with Crippen LogP contribution < -0.4 is 0 Å². The van der Waals surface area contributed by atoms with Gasteiger partial charge in [-0.3, -0.25) is 0 Å². The van der Waals surface area contributed by atoms with E-state index in [9.17, 15) is 0 Å². The molecule has 0 amide bonds. The second kappa shape index (κ2) is 4.83. The quantitative estimate of drug-likeness (QED) is 0.670. The average Bonchev–Trinajstić information content (AvgIpc) is 2.75. The van der Waals surface area contributed by atoms with Gasteiger partial charge in [0.1, 0.15) is 5.15 Å². The van der Waals surface area contributed by atoms with Crippen molar-refractivity contribution in [2.45, 2.75) is 13.3 Å². The number of rotatable bonds is 2. The van der Waals surface area contributed by atoms with E-state index in [1.165, 1.54) is 0 Å². The number of aryl methyl sites for hydroxylation is 1. The third-order valence-electron chi connectivity index (χ3n) is 2.86. The molecule has 0 atom stereocenters. The number of nitrogens with zero attached hydrogens (tertiary/aromatic N) is 3. The summed E-state index contributed by atoms with van der Waals surface area (Å²) in [6.07, 6.45) is 0.732. The Morgan fingerprint density at radius 1 is 1.11 bits per heavy atom. The van der Waals surface area contributed by atoms with E-state index in [0.29, 0.717) is 5.15 Å². The molecule has 2 heterocycles. The van der Waals surface area contributed by atoms with E-state index >= 15 is 0 Å². The van der Waals surface area contributed by atoms with Crippen LogP contribution in [0.25, 0.3) is 5.65 Å². The zero-order valence-electron chi connectivity index (χ0n) is 10.3. The Bertz CT molecular complexity index is 732. The first-order valence-corrected chi connectivity index (χ1v) is 6.64. The fourth-order valence-electron chi connectivity index (χ4n) is 2.00. The van der Waals surface area contributed by atoms with E-state index in [2.05, 4.69) is 10.1 Å². The molecule has 0 unspecified atom stereocenters. The standard InChI is InChI=1S/C14H11Cl2N3/c1-9-6-13(16)19-14(17-9)8-12(18-19)7-10-2-4-11(15)5-3-10/h2-6,8H,7H2,1H3. The molecule has 19 heavy (non-hydrogen) atoms. The van der Waals surface area contributed by atoms with Gasteiger partial charge in [-0.25, -0.2) is 9.50 Å². The van der Waals surface area contributed by atoms with Crippen LogP contribution >= 0.6 is 23.2 Å². The van der Waals surface area contributed by atoms with E-state index in [1.54, 1.807) is 10.6 Å². The Balaban J connectivity index is 1.97. The molecule has 0 aliphatic rings. The first kappa shape index (κ1) is 12.5.